The lowest BCUT2D eigenvalue weighted by Crippen LogP contribution is -2.42. The normalized spacial score (nSPS) is 42.1. The van der Waals surface area contributed by atoms with Crippen LogP contribution in [0.5, 0.6) is 0 Å². The molecular formula is C16H28N2O. The highest BCUT2D eigenvalue weighted by molar-refractivity contribution is 5.76. The van der Waals surface area contributed by atoms with Crippen LogP contribution in [0.1, 0.15) is 64.7 Å². The average Bonchev–Trinajstić information content (AvgIpc) is 2.72. The SMILES string of the molecule is CC1CCC(NC(=O)CC2CC3CCC(C2)N3)CC1. The van der Waals surface area contributed by atoms with Gasteiger partial charge in [-0.05, 0) is 63.2 Å². The second kappa shape index (κ2) is 5.82. The van der Waals surface area contributed by atoms with Gasteiger partial charge in [0, 0.05) is 24.5 Å². The monoisotopic (exact) mass is 264 g/mol. The summed E-state index contributed by atoms with van der Waals surface area (Å²) in [6.07, 6.45) is 10.8. The van der Waals surface area contributed by atoms with Gasteiger partial charge in [0.05, 0.1) is 0 Å². The number of carbonyl (C=O) groups excluding carboxylic acids is 1. The van der Waals surface area contributed by atoms with Gasteiger partial charge in [-0.2, -0.15) is 0 Å². The Morgan fingerprint density at radius 1 is 1.05 bits per heavy atom. The van der Waals surface area contributed by atoms with Gasteiger partial charge >= 0.3 is 0 Å². The molecule has 3 aliphatic rings. The first-order valence-electron chi connectivity index (χ1n) is 8.24. The minimum absolute atomic E-state index is 0.311. The number of piperidine rings is 1. The molecule has 108 valence electrons. The summed E-state index contributed by atoms with van der Waals surface area (Å²) < 4.78 is 0. The van der Waals surface area contributed by atoms with Crippen LogP contribution in [0.25, 0.3) is 0 Å². The molecule has 0 aromatic carbocycles. The third-order valence-corrected chi connectivity index (χ3v) is 5.43. The summed E-state index contributed by atoms with van der Waals surface area (Å²) in [4.78, 5) is 12.2. The molecule has 1 aliphatic carbocycles. The smallest absolute Gasteiger partial charge is 0.220 e. The van der Waals surface area contributed by atoms with Gasteiger partial charge in [-0.1, -0.05) is 6.92 Å². The Hall–Kier alpha value is -0.570. The number of fused-ring (bicyclic) bond motifs is 2. The summed E-state index contributed by atoms with van der Waals surface area (Å²) in [5.74, 6) is 1.79. The highest BCUT2D eigenvalue weighted by Crippen LogP contribution is 2.32. The largest absolute Gasteiger partial charge is 0.353 e. The van der Waals surface area contributed by atoms with Crippen molar-refractivity contribution in [2.24, 2.45) is 11.8 Å². The van der Waals surface area contributed by atoms with Gasteiger partial charge in [0.25, 0.3) is 0 Å². The summed E-state index contributed by atoms with van der Waals surface area (Å²) in [5.41, 5.74) is 0. The highest BCUT2D eigenvalue weighted by atomic mass is 16.1. The second-order valence-electron chi connectivity index (χ2n) is 7.20. The highest BCUT2D eigenvalue weighted by Gasteiger charge is 2.34. The third-order valence-electron chi connectivity index (χ3n) is 5.43. The van der Waals surface area contributed by atoms with Crippen molar-refractivity contribution >= 4 is 5.91 Å². The Bertz CT molecular complexity index is 311. The molecule has 2 aliphatic heterocycles. The van der Waals surface area contributed by atoms with Crippen molar-refractivity contribution < 1.29 is 4.79 Å². The van der Waals surface area contributed by atoms with Gasteiger partial charge in [0.15, 0.2) is 0 Å². The summed E-state index contributed by atoms with van der Waals surface area (Å²) >= 11 is 0. The van der Waals surface area contributed by atoms with Crippen LogP contribution >= 0.6 is 0 Å². The van der Waals surface area contributed by atoms with Gasteiger partial charge in [0.1, 0.15) is 0 Å². The van der Waals surface area contributed by atoms with Gasteiger partial charge in [0.2, 0.25) is 5.91 Å². The van der Waals surface area contributed by atoms with Crippen LogP contribution in [0, 0.1) is 11.8 Å². The number of nitrogens with one attached hydrogen (secondary N) is 2. The van der Waals surface area contributed by atoms with Crippen molar-refractivity contribution in [1.82, 2.24) is 10.6 Å². The zero-order chi connectivity index (χ0) is 13.2. The van der Waals surface area contributed by atoms with Crippen LogP contribution in [-0.2, 0) is 4.79 Å². The maximum atomic E-state index is 12.2. The van der Waals surface area contributed by atoms with Crippen molar-refractivity contribution in [3.8, 4) is 0 Å². The molecule has 1 amide bonds. The van der Waals surface area contributed by atoms with Gasteiger partial charge in [-0.25, -0.2) is 0 Å². The standard InChI is InChI=1S/C16H28N2O/c1-11-2-4-13(5-3-11)18-16(19)10-12-8-14-6-7-15(9-12)17-14/h11-15,17H,2-10H2,1H3,(H,18,19). The molecule has 2 atom stereocenters. The zero-order valence-corrected chi connectivity index (χ0v) is 12.2. The van der Waals surface area contributed by atoms with E-state index in [1.807, 2.05) is 0 Å². The van der Waals surface area contributed by atoms with Crippen LogP contribution in [0.3, 0.4) is 0 Å². The quantitative estimate of drug-likeness (QED) is 0.822. The summed E-state index contributed by atoms with van der Waals surface area (Å²) in [5, 5.41) is 6.93. The van der Waals surface area contributed by atoms with Crippen LogP contribution in [0.15, 0.2) is 0 Å². The zero-order valence-electron chi connectivity index (χ0n) is 12.2. The van der Waals surface area contributed by atoms with Gasteiger partial charge in [-0.3, -0.25) is 4.79 Å². The number of amides is 1. The maximum Gasteiger partial charge on any atom is 0.220 e. The lowest BCUT2D eigenvalue weighted by molar-refractivity contribution is -0.123. The third kappa shape index (κ3) is 3.50. The molecule has 3 rings (SSSR count). The van der Waals surface area contributed by atoms with Crippen molar-refractivity contribution in [3.63, 3.8) is 0 Å². The Morgan fingerprint density at radius 3 is 2.32 bits per heavy atom. The molecule has 3 heteroatoms. The van der Waals surface area contributed by atoms with E-state index < -0.39 is 0 Å². The van der Waals surface area contributed by atoms with E-state index in [9.17, 15) is 4.79 Å². The van der Waals surface area contributed by atoms with Gasteiger partial charge in [-0.15, -0.1) is 0 Å². The van der Waals surface area contributed by atoms with E-state index in [4.69, 9.17) is 0 Å². The number of rotatable bonds is 3. The summed E-state index contributed by atoms with van der Waals surface area (Å²) in [7, 11) is 0. The average molecular weight is 264 g/mol. The molecule has 0 radical (unpaired) electrons. The Morgan fingerprint density at radius 2 is 1.68 bits per heavy atom. The molecule has 2 unspecified atom stereocenters. The van der Waals surface area contributed by atoms with Crippen molar-refractivity contribution in [2.75, 3.05) is 0 Å². The minimum Gasteiger partial charge on any atom is -0.353 e. The van der Waals surface area contributed by atoms with E-state index in [-0.39, 0.29) is 0 Å². The van der Waals surface area contributed by atoms with Crippen molar-refractivity contribution in [2.45, 2.75) is 82.8 Å². The van der Waals surface area contributed by atoms with E-state index in [0.29, 0.717) is 30.0 Å². The van der Waals surface area contributed by atoms with Crippen LogP contribution in [-0.4, -0.2) is 24.0 Å². The molecule has 0 aromatic rings. The van der Waals surface area contributed by atoms with Crippen molar-refractivity contribution in [1.29, 1.82) is 0 Å². The molecule has 1 saturated carbocycles. The van der Waals surface area contributed by atoms with Gasteiger partial charge < -0.3 is 10.6 Å². The fourth-order valence-corrected chi connectivity index (χ4v) is 4.29. The first-order chi connectivity index (χ1) is 9.19. The van der Waals surface area contributed by atoms with E-state index >= 15 is 0 Å². The molecule has 3 nitrogen and oxygen atoms in total. The molecule has 0 aromatic heterocycles. The molecule has 0 spiro atoms. The van der Waals surface area contributed by atoms with Crippen LogP contribution in [0.2, 0.25) is 0 Å². The summed E-state index contributed by atoms with van der Waals surface area (Å²) in [6, 6.07) is 1.86. The Labute approximate surface area is 116 Å². The fraction of sp³-hybridized carbons (Fsp3) is 0.938. The molecule has 3 fully saturated rings. The predicted molar refractivity (Wildman–Crippen MR) is 76.8 cm³/mol. The molecule has 19 heavy (non-hydrogen) atoms. The van der Waals surface area contributed by atoms with E-state index in [2.05, 4.69) is 17.6 Å². The number of hydrogen-bond donors (Lipinski definition) is 2. The lowest BCUT2D eigenvalue weighted by Gasteiger charge is -2.30. The molecule has 2 bridgehead atoms. The predicted octanol–water partition coefficient (Wildman–Crippen LogP) is 2.60. The maximum absolute atomic E-state index is 12.2. The molecule has 2 saturated heterocycles. The van der Waals surface area contributed by atoms with E-state index in [0.717, 1.165) is 12.3 Å². The van der Waals surface area contributed by atoms with Crippen LogP contribution in [0.4, 0.5) is 0 Å². The Balaban J connectivity index is 1.41. The Kier molecular flexibility index (Phi) is 4.11. The number of carbonyl (C=O) groups is 1. The number of hydrogen-bond acceptors (Lipinski definition) is 2. The van der Waals surface area contributed by atoms with E-state index in [1.165, 1.54) is 51.4 Å². The van der Waals surface area contributed by atoms with Crippen molar-refractivity contribution in [3.05, 3.63) is 0 Å². The first kappa shape index (κ1) is 13.4. The minimum atomic E-state index is 0.311. The lowest BCUT2D eigenvalue weighted by atomic mass is 9.86. The van der Waals surface area contributed by atoms with Crippen LogP contribution < -0.4 is 10.6 Å². The molecule has 2 heterocycles. The molecular weight excluding hydrogens is 236 g/mol. The fourth-order valence-electron chi connectivity index (χ4n) is 4.29. The van der Waals surface area contributed by atoms with E-state index in [1.54, 1.807) is 0 Å². The first-order valence-corrected chi connectivity index (χ1v) is 8.24. The summed E-state index contributed by atoms with van der Waals surface area (Å²) in [6.45, 7) is 2.32. The topological polar surface area (TPSA) is 41.1 Å². The molecule has 2 N–H and O–H groups in total. The second-order valence-corrected chi connectivity index (χ2v) is 7.20.